The number of carbonyl (C=O) groups is 1. The molecular formula is C14H10BrF2NO2. The van der Waals surface area contributed by atoms with Crippen LogP contribution in [0.4, 0.5) is 14.5 Å². The van der Waals surface area contributed by atoms with Gasteiger partial charge in [0, 0.05) is 5.69 Å². The van der Waals surface area contributed by atoms with Crippen LogP contribution in [0.3, 0.4) is 0 Å². The first-order valence-electron chi connectivity index (χ1n) is 5.62. The van der Waals surface area contributed by atoms with Gasteiger partial charge in [-0.25, -0.2) is 8.78 Å². The van der Waals surface area contributed by atoms with E-state index in [0.29, 0.717) is 5.69 Å². The molecule has 0 aliphatic rings. The summed E-state index contributed by atoms with van der Waals surface area (Å²) in [5, 5.41) is 2.49. The van der Waals surface area contributed by atoms with Gasteiger partial charge in [-0.05, 0) is 46.3 Å². The number of ether oxygens (including phenoxy) is 1. The van der Waals surface area contributed by atoms with Crippen molar-refractivity contribution < 1.29 is 18.3 Å². The molecule has 6 heteroatoms. The number of rotatable bonds is 3. The van der Waals surface area contributed by atoms with E-state index in [2.05, 4.69) is 21.2 Å². The monoisotopic (exact) mass is 341 g/mol. The lowest BCUT2D eigenvalue weighted by atomic mass is 10.1. The highest BCUT2D eigenvalue weighted by molar-refractivity contribution is 9.10. The van der Waals surface area contributed by atoms with Crippen molar-refractivity contribution in [2.75, 3.05) is 12.4 Å². The van der Waals surface area contributed by atoms with Crippen LogP contribution < -0.4 is 10.1 Å². The van der Waals surface area contributed by atoms with E-state index in [4.69, 9.17) is 4.74 Å². The highest BCUT2D eigenvalue weighted by Gasteiger charge is 2.17. The third-order valence-electron chi connectivity index (χ3n) is 2.60. The van der Waals surface area contributed by atoms with E-state index in [9.17, 15) is 13.6 Å². The van der Waals surface area contributed by atoms with Crippen LogP contribution in [0, 0.1) is 11.6 Å². The summed E-state index contributed by atoms with van der Waals surface area (Å²) in [6.45, 7) is 0. The second kappa shape index (κ2) is 6.00. The first-order chi connectivity index (χ1) is 9.52. The number of anilines is 1. The van der Waals surface area contributed by atoms with Crippen LogP contribution in [0.15, 0.2) is 40.9 Å². The van der Waals surface area contributed by atoms with Gasteiger partial charge in [-0.2, -0.15) is 0 Å². The molecule has 0 aliphatic carbocycles. The molecule has 1 N–H and O–H groups in total. The molecule has 104 valence electrons. The lowest BCUT2D eigenvalue weighted by Crippen LogP contribution is -2.15. The summed E-state index contributed by atoms with van der Waals surface area (Å²) >= 11 is 3.01. The molecule has 2 rings (SSSR count). The molecule has 3 nitrogen and oxygen atoms in total. The molecule has 0 bridgehead atoms. The highest BCUT2D eigenvalue weighted by Crippen LogP contribution is 2.24. The number of amides is 1. The topological polar surface area (TPSA) is 38.3 Å². The van der Waals surface area contributed by atoms with Crippen LogP contribution in [-0.2, 0) is 0 Å². The van der Waals surface area contributed by atoms with E-state index in [0.717, 1.165) is 6.07 Å². The maximum atomic E-state index is 13.7. The first-order valence-corrected chi connectivity index (χ1v) is 6.41. The molecule has 0 saturated heterocycles. The van der Waals surface area contributed by atoms with Gasteiger partial charge in [0.25, 0.3) is 5.91 Å². The van der Waals surface area contributed by atoms with Crippen LogP contribution in [-0.4, -0.2) is 13.0 Å². The SMILES string of the molecule is COc1cccc(F)c1C(=O)Nc1ccc(F)c(Br)c1. The summed E-state index contributed by atoms with van der Waals surface area (Å²) in [7, 11) is 1.35. The highest BCUT2D eigenvalue weighted by atomic mass is 79.9. The third kappa shape index (κ3) is 2.96. The van der Waals surface area contributed by atoms with Crippen molar-refractivity contribution in [3.05, 3.63) is 58.1 Å². The van der Waals surface area contributed by atoms with Crippen LogP contribution in [0.25, 0.3) is 0 Å². The minimum atomic E-state index is -0.692. The van der Waals surface area contributed by atoms with E-state index in [1.54, 1.807) is 0 Å². The molecule has 20 heavy (non-hydrogen) atoms. The smallest absolute Gasteiger partial charge is 0.262 e. The van der Waals surface area contributed by atoms with Crippen molar-refractivity contribution in [3.8, 4) is 5.75 Å². The lowest BCUT2D eigenvalue weighted by molar-refractivity contribution is 0.102. The Morgan fingerprint density at radius 1 is 1.20 bits per heavy atom. The Morgan fingerprint density at radius 3 is 2.60 bits per heavy atom. The Bertz CT molecular complexity index is 662. The summed E-state index contributed by atoms with van der Waals surface area (Å²) < 4.78 is 32.0. The van der Waals surface area contributed by atoms with Gasteiger partial charge in [0.2, 0.25) is 0 Å². The van der Waals surface area contributed by atoms with Gasteiger partial charge in [0.15, 0.2) is 0 Å². The second-order valence-electron chi connectivity index (χ2n) is 3.90. The number of benzene rings is 2. The molecule has 2 aromatic rings. The Balaban J connectivity index is 2.30. The molecular weight excluding hydrogens is 332 g/mol. The predicted molar refractivity (Wildman–Crippen MR) is 75.0 cm³/mol. The van der Waals surface area contributed by atoms with Gasteiger partial charge in [-0.1, -0.05) is 6.07 Å². The summed E-state index contributed by atoms with van der Waals surface area (Å²) in [4.78, 5) is 12.1. The molecule has 0 fully saturated rings. The van der Waals surface area contributed by atoms with Crippen molar-refractivity contribution in [3.63, 3.8) is 0 Å². The van der Waals surface area contributed by atoms with Crippen LogP contribution in [0.5, 0.6) is 5.75 Å². The average Bonchev–Trinajstić information content (AvgIpc) is 2.42. The van der Waals surface area contributed by atoms with Crippen molar-refractivity contribution in [2.45, 2.75) is 0 Å². The van der Waals surface area contributed by atoms with E-state index in [1.165, 1.54) is 37.4 Å². The second-order valence-corrected chi connectivity index (χ2v) is 4.75. The molecule has 0 heterocycles. The van der Waals surface area contributed by atoms with E-state index >= 15 is 0 Å². The Hall–Kier alpha value is -1.95. The summed E-state index contributed by atoms with van der Waals surface area (Å²) in [6, 6.07) is 8.06. The fraction of sp³-hybridized carbons (Fsp3) is 0.0714. The lowest BCUT2D eigenvalue weighted by Gasteiger charge is -2.10. The van der Waals surface area contributed by atoms with Crippen LogP contribution >= 0.6 is 15.9 Å². The van der Waals surface area contributed by atoms with Gasteiger partial charge in [0.05, 0.1) is 11.6 Å². The van der Waals surface area contributed by atoms with Crippen molar-refractivity contribution in [1.82, 2.24) is 0 Å². The third-order valence-corrected chi connectivity index (χ3v) is 3.21. The Morgan fingerprint density at radius 2 is 1.95 bits per heavy atom. The van der Waals surface area contributed by atoms with Crippen molar-refractivity contribution in [1.29, 1.82) is 0 Å². The molecule has 1 amide bonds. The fourth-order valence-corrected chi connectivity index (χ4v) is 2.04. The van der Waals surface area contributed by atoms with Gasteiger partial charge in [-0.15, -0.1) is 0 Å². The molecule has 0 unspecified atom stereocenters. The number of carbonyl (C=O) groups excluding carboxylic acids is 1. The summed E-state index contributed by atoms with van der Waals surface area (Å²) in [5.41, 5.74) is 0.143. The average molecular weight is 342 g/mol. The standard InChI is InChI=1S/C14H10BrF2NO2/c1-20-12-4-2-3-11(17)13(12)14(19)18-8-5-6-10(16)9(15)7-8/h2-7H,1H3,(H,18,19). The van der Waals surface area contributed by atoms with Crippen molar-refractivity contribution in [2.24, 2.45) is 0 Å². The zero-order valence-electron chi connectivity index (χ0n) is 10.4. The fourth-order valence-electron chi connectivity index (χ4n) is 1.66. The van der Waals surface area contributed by atoms with Crippen LogP contribution in [0.2, 0.25) is 0 Å². The largest absolute Gasteiger partial charge is 0.496 e. The summed E-state index contributed by atoms with van der Waals surface area (Å²) in [6.07, 6.45) is 0. The maximum Gasteiger partial charge on any atom is 0.262 e. The van der Waals surface area contributed by atoms with E-state index in [1.807, 2.05) is 0 Å². The van der Waals surface area contributed by atoms with E-state index in [-0.39, 0.29) is 15.8 Å². The van der Waals surface area contributed by atoms with Gasteiger partial charge < -0.3 is 10.1 Å². The van der Waals surface area contributed by atoms with Gasteiger partial charge in [0.1, 0.15) is 22.9 Å². The predicted octanol–water partition coefficient (Wildman–Crippen LogP) is 3.99. The number of methoxy groups -OCH3 is 1. The Kier molecular flexibility index (Phi) is 4.34. The number of halogens is 3. The quantitative estimate of drug-likeness (QED) is 0.916. The van der Waals surface area contributed by atoms with Gasteiger partial charge in [-0.3, -0.25) is 4.79 Å². The number of hydrogen-bond donors (Lipinski definition) is 1. The molecule has 0 atom stereocenters. The van der Waals surface area contributed by atoms with Crippen LogP contribution in [0.1, 0.15) is 10.4 Å². The van der Waals surface area contributed by atoms with Gasteiger partial charge >= 0.3 is 0 Å². The van der Waals surface area contributed by atoms with Crippen molar-refractivity contribution >= 4 is 27.5 Å². The zero-order valence-corrected chi connectivity index (χ0v) is 12.0. The number of nitrogens with one attached hydrogen (secondary N) is 1. The molecule has 0 radical (unpaired) electrons. The van der Waals surface area contributed by atoms with E-state index < -0.39 is 17.5 Å². The summed E-state index contributed by atoms with van der Waals surface area (Å²) in [5.74, 6) is -1.68. The molecule has 0 aromatic heterocycles. The first kappa shape index (κ1) is 14.5. The maximum absolute atomic E-state index is 13.7. The molecule has 0 saturated carbocycles. The Labute approximate surface area is 122 Å². The minimum Gasteiger partial charge on any atom is -0.496 e. The zero-order chi connectivity index (χ0) is 14.7. The molecule has 0 spiro atoms. The molecule has 0 aliphatic heterocycles. The normalized spacial score (nSPS) is 10.2. The minimum absolute atomic E-state index is 0.128. The molecule has 2 aromatic carbocycles. The number of hydrogen-bond acceptors (Lipinski definition) is 2.